The summed E-state index contributed by atoms with van der Waals surface area (Å²) in [5, 5.41) is 12.4. The fourth-order valence-electron chi connectivity index (χ4n) is 4.30. The lowest BCUT2D eigenvalue weighted by Gasteiger charge is -2.15. The monoisotopic (exact) mass is 679 g/mol. The second-order valence-electron chi connectivity index (χ2n) is 10.0. The number of aromatic nitrogens is 4. The molecule has 4 heterocycles. The Kier molecular flexibility index (Phi) is 9.58. The number of hydrogen-bond acceptors (Lipinski definition) is 9. The Hall–Kier alpha value is -4.57. The number of hydrogen-bond donors (Lipinski definition) is 3. The molecule has 0 fully saturated rings. The van der Waals surface area contributed by atoms with Crippen LogP contribution >= 0.6 is 22.7 Å². The lowest BCUT2D eigenvalue weighted by Crippen LogP contribution is -2.13. The van der Waals surface area contributed by atoms with Crippen LogP contribution in [0.15, 0.2) is 71.7 Å². The lowest BCUT2D eigenvalue weighted by molar-refractivity contribution is -0.138. The van der Waals surface area contributed by atoms with Crippen molar-refractivity contribution in [2.75, 3.05) is 16.0 Å². The van der Waals surface area contributed by atoms with Gasteiger partial charge < -0.3 is 16.0 Å². The number of fused-ring (bicyclic) bond motifs is 2. The van der Waals surface area contributed by atoms with E-state index in [-0.39, 0.29) is 23.8 Å². The van der Waals surface area contributed by atoms with Gasteiger partial charge in [-0.05, 0) is 66.6 Å². The van der Waals surface area contributed by atoms with E-state index in [1.807, 2.05) is 30.7 Å². The fourth-order valence-corrected chi connectivity index (χ4v) is 5.88. The molecule has 0 saturated carbocycles. The van der Waals surface area contributed by atoms with Crippen molar-refractivity contribution in [1.29, 1.82) is 0 Å². The first-order valence-corrected chi connectivity index (χ1v) is 15.3. The minimum absolute atomic E-state index is 0.0334. The molecule has 0 aliphatic rings. The summed E-state index contributed by atoms with van der Waals surface area (Å²) < 4.78 is 92.9. The third kappa shape index (κ3) is 7.80. The molecule has 0 atom stereocenters. The molecule has 0 radical (unpaired) electrons. The van der Waals surface area contributed by atoms with Gasteiger partial charge in [-0.3, -0.25) is 0 Å². The van der Waals surface area contributed by atoms with Gasteiger partial charge in [0.15, 0.2) is 5.82 Å². The summed E-state index contributed by atoms with van der Waals surface area (Å²) in [6.07, 6.45) is -7.71. The molecule has 7 nitrogen and oxygen atoms in total. The van der Waals surface area contributed by atoms with Gasteiger partial charge in [0.05, 0.1) is 37.2 Å². The summed E-state index contributed by atoms with van der Waals surface area (Å²) in [5.41, 5.74) is -0.392. The largest absolute Gasteiger partial charge is 0.418 e. The van der Waals surface area contributed by atoms with Crippen LogP contribution in [0.1, 0.15) is 30.5 Å². The summed E-state index contributed by atoms with van der Waals surface area (Å²) in [4.78, 5) is 16.8. The maximum Gasteiger partial charge on any atom is 0.418 e. The van der Waals surface area contributed by atoms with Crippen LogP contribution < -0.4 is 16.0 Å². The molecule has 0 aliphatic heterocycles. The highest BCUT2D eigenvalue weighted by Crippen LogP contribution is 2.38. The second-order valence-corrected chi connectivity index (χ2v) is 11.8. The zero-order chi connectivity index (χ0) is 33.1. The molecule has 2 aromatic carbocycles. The number of halogens is 7. The van der Waals surface area contributed by atoms with Gasteiger partial charge in [0.1, 0.15) is 18.0 Å². The topological polar surface area (TPSA) is 87.7 Å². The Morgan fingerprint density at radius 1 is 0.761 bits per heavy atom. The summed E-state index contributed by atoms with van der Waals surface area (Å²) in [6.45, 7) is 3.76. The predicted molar refractivity (Wildman–Crippen MR) is 167 cm³/mol. The fraction of sp³-hybridized carbons (Fsp3) is 0.200. The van der Waals surface area contributed by atoms with E-state index >= 15 is 0 Å². The maximum absolute atomic E-state index is 13.2. The van der Waals surface area contributed by atoms with Gasteiger partial charge in [-0.15, -0.1) is 22.7 Å². The average molecular weight is 680 g/mol. The van der Waals surface area contributed by atoms with Crippen LogP contribution in [-0.4, -0.2) is 26.0 Å². The zero-order valence-corrected chi connectivity index (χ0v) is 25.6. The number of rotatable bonds is 7. The normalized spacial score (nSPS) is 11.9. The van der Waals surface area contributed by atoms with Crippen molar-refractivity contribution < 1.29 is 30.7 Å². The number of benzene rings is 2. The number of anilines is 4. The molecule has 0 aliphatic carbocycles. The first-order valence-electron chi connectivity index (χ1n) is 13.5. The minimum atomic E-state index is -4.61. The van der Waals surface area contributed by atoms with Crippen molar-refractivity contribution in [3.8, 4) is 0 Å². The van der Waals surface area contributed by atoms with Crippen molar-refractivity contribution in [2.45, 2.75) is 38.8 Å². The maximum atomic E-state index is 13.2. The Bertz CT molecular complexity index is 1950. The predicted octanol–water partition coefficient (Wildman–Crippen LogP) is 9.74. The number of thiophene rings is 2. The highest BCUT2D eigenvalue weighted by atomic mass is 32.1. The van der Waals surface area contributed by atoms with E-state index in [0.717, 1.165) is 28.4 Å². The van der Waals surface area contributed by atoms with E-state index < -0.39 is 29.3 Å². The van der Waals surface area contributed by atoms with E-state index in [0.29, 0.717) is 33.9 Å². The average Bonchev–Trinajstić information content (AvgIpc) is 3.66. The molecule has 3 N–H and O–H groups in total. The van der Waals surface area contributed by atoms with Crippen LogP contribution in [0.3, 0.4) is 0 Å². The molecular formula is C30H24F7N7S2. The highest BCUT2D eigenvalue weighted by Gasteiger charge is 2.34. The first kappa shape index (κ1) is 32.8. The molecule has 4 aromatic heterocycles. The summed E-state index contributed by atoms with van der Waals surface area (Å²) >= 11 is 2.77. The molecule has 6 aromatic rings. The number of nitrogens with zero attached hydrogens (tertiary/aromatic N) is 4. The van der Waals surface area contributed by atoms with Gasteiger partial charge in [0, 0.05) is 12.6 Å². The molecule has 240 valence electrons. The summed E-state index contributed by atoms with van der Waals surface area (Å²) in [7, 11) is 0. The molecule has 0 unspecified atom stereocenters. The van der Waals surface area contributed by atoms with Gasteiger partial charge in [-0.1, -0.05) is 18.2 Å². The Morgan fingerprint density at radius 2 is 1.43 bits per heavy atom. The number of para-hydroxylation sites is 1. The third-order valence-electron chi connectivity index (χ3n) is 6.27. The molecule has 6 rings (SSSR count). The minimum Gasteiger partial charge on any atom is -0.365 e. The molecule has 0 bridgehead atoms. The van der Waals surface area contributed by atoms with E-state index in [9.17, 15) is 30.7 Å². The molecule has 0 amide bonds. The van der Waals surface area contributed by atoms with E-state index in [1.54, 1.807) is 12.1 Å². The van der Waals surface area contributed by atoms with Gasteiger partial charge in [-0.25, -0.2) is 19.3 Å². The van der Waals surface area contributed by atoms with Crippen LogP contribution in [-0.2, 0) is 18.9 Å². The Morgan fingerprint density at radius 3 is 2.13 bits per heavy atom. The van der Waals surface area contributed by atoms with Crippen molar-refractivity contribution in [1.82, 2.24) is 19.9 Å². The molecule has 46 heavy (non-hydrogen) atoms. The second kappa shape index (κ2) is 13.4. The molecule has 0 spiro atoms. The van der Waals surface area contributed by atoms with Crippen LogP contribution in [0.2, 0.25) is 0 Å². The molecule has 16 heteroatoms. The third-order valence-corrected chi connectivity index (χ3v) is 8.09. The van der Waals surface area contributed by atoms with Gasteiger partial charge in [-0.2, -0.15) is 31.3 Å². The number of nitrogens with one attached hydrogen (secondary N) is 3. The van der Waals surface area contributed by atoms with Crippen LogP contribution in [0.25, 0.3) is 20.4 Å². The van der Waals surface area contributed by atoms with Crippen LogP contribution in [0.5, 0.6) is 0 Å². The molecular weight excluding hydrogens is 655 g/mol. The van der Waals surface area contributed by atoms with Gasteiger partial charge in [0.25, 0.3) is 0 Å². The van der Waals surface area contributed by atoms with E-state index in [2.05, 4.69) is 35.9 Å². The van der Waals surface area contributed by atoms with Crippen molar-refractivity contribution in [3.05, 3.63) is 94.2 Å². The highest BCUT2D eigenvalue weighted by molar-refractivity contribution is 7.18. The van der Waals surface area contributed by atoms with Crippen molar-refractivity contribution in [2.24, 2.45) is 0 Å². The Labute approximate surface area is 265 Å². The quantitative estimate of drug-likeness (QED) is 0.145. The first-order chi connectivity index (χ1) is 21.8. The van der Waals surface area contributed by atoms with Crippen molar-refractivity contribution in [3.63, 3.8) is 0 Å². The Balaban J connectivity index is 0.000000182. The number of alkyl halides is 6. The zero-order valence-electron chi connectivity index (χ0n) is 24.0. The summed E-state index contributed by atoms with van der Waals surface area (Å²) in [5.74, 6) is 0.272. The standard InChI is InChI=1S/C16H15F3N4S.C14H9F4N3S/c1-9(2)20-15-22-12-7-8-24-13(12)14(23-15)21-11-6-4-3-5-10(11)16(17,18)19;15-9-2-1-8(10(5-9)14(16,17)18)6-19-13-12-11(3-4-22-12)20-7-21-13/h3-9H,1-2H3,(H2,20,21,22,23);1-5,7H,6H2,(H,19,20,21). The van der Waals surface area contributed by atoms with Crippen LogP contribution in [0, 0.1) is 5.82 Å². The van der Waals surface area contributed by atoms with E-state index in [4.69, 9.17) is 0 Å². The van der Waals surface area contributed by atoms with Gasteiger partial charge >= 0.3 is 12.4 Å². The van der Waals surface area contributed by atoms with Crippen molar-refractivity contribution >= 4 is 66.4 Å². The summed E-state index contributed by atoms with van der Waals surface area (Å²) in [6, 6.07) is 11.7. The van der Waals surface area contributed by atoms with E-state index in [1.165, 1.54) is 41.1 Å². The molecule has 0 saturated heterocycles. The SMILES string of the molecule is CC(C)Nc1nc(Nc2ccccc2C(F)(F)F)c2sccc2n1.Fc1ccc(CNc2ncnc3ccsc23)c(C(F)(F)F)c1. The van der Waals surface area contributed by atoms with Crippen LogP contribution in [0.4, 0.5) is 54.0 Å². The van der Waals surface area contributed by atoms with Gasteiger partial charge in [0.2, 0.25) is 5.95 Å². The lowest BCUT2D eigenvalue weighted by atomic mass is 10.1. The smallest absolute Gasteiger partial charge is 0.365 e.